The topological polar surface area (TPSA) is 35.6 Å². The van der Waals surface area contributed by atoms with Crippen molar-refractivity contribution < 1.29 is 0 Å². The smallest absolute Gasteiger partial charge is 0.0979 e. The summed E-state index contributed by atoms with van der Waals surface area (Å²) in [6.45, 7) is 0. The molecule has 176 valence electrons. The van der Waals surface area contributed by atoms with Gasteiger partial charge in [-0.1, -0.05) is 84.6 Å². The molecule has 0 aliphatic rings. The van der Waals surface area contributed by atoms with Crippen molar-refractivity contribution in [3.8, 4) is 0 Å². The summed E-state index contributed by atoms with van der Waals surface area (Å²) >= 11 is 1.84. The summed E-state index contributed by atoms with van der Waals surface area (Å²) in [7, 11) is 4.31. The molecular formula is C32H22N4S. The lowest BCUT2D eigenvalue weighted by Crippen LogP contribution is -1.95. The number of aromatic nitrogens is 4. The van der Waals surface area contributed by atoms with Crippen molar-refractivity contribution in [2.45, 2.75) is 9.79 Å². The minimum Gasteiger partial charge on any atom is -0.341 e. The van der Waals surface area contributed by atoms with Gasteiger partial charge in [-0.25, -0.2) is 9.97 Å². The summed E-state index contributed by atoms with van der Waals surface area (Å²) in [5, 5.41) is 4.70. The molecule has 0 fully saturated rings. The molecule has 5 heteroatoms. The summed E-state index contributed by atoms with van der Waals surface area (Å²) in [6.07, 6.45) is 0. The van der Waals surface area contributed by atoms with Crippen LogP contribution < -0.4 is 0 Å². The van der Waals surface area contributed by atoms with E-state index in [-0.39, 0.29) is 0 Å². The average molecular weight is 495 g/mol. The molecule has 8 aromatic rings. The molecule has 0 saturated carbocycles. The lowest BCUT2D eigenvalue weighted by molar-refractivity contribution is 0.998. The van der Waals surface area contributed by atoms with Crippen LogP contribution in [-0.2, 0) is 14.1 Å². The third-order valence-corrected chi connectivity index (χ3v) is 8.79. The van der Waals surface area contributed by atoms with E-state index in [1.807, 2.05) is 11.8 Å². The quantitative estimate of drug-likeness (QED) is 0.243. The monoisotopic (exact) mass is 494 g/mol. The highest BCUT2D eigenvalue weighted by Crippen LogP contribution is 2.46. The fourth-order valence-electron chi connectivity index (χ4n) is 5.82. The van der Waals surface area contributed by atoms with E-state index in [1.165, 1.54) is 42.4 Å². The summed E-state index contributed by atoms with van der Waals surface area (Å²) < 4.78 is 4.60. The van der Waals surface area contributed by atoms with Crippen molar-refractivity contribution in [2.24, 2.45) is 14.1 Å². The second kappa shape index (κ2) is 7.58. The van der Waals surface area contributed by atoms with E-state index < -0.39 is 0 Å². The lowest BCUT2D eigenvalue weighted by Gasteiger charge is -2.14. The van der Waals surface area contributed by atoms with Crippen LogP contribution in [0.5, 0.6) is 0 Å². The molecule has 37 heavy (non-hydrogen) atoms. The van der Waals surface area contributed by atoms with E-state index in [2.05, 4.69) is 120 Å². The van der Waals surface area contributed by atoms with Gasteiger partial charge in [0.05, 0.1) is 44.1 Å². The van der Waals surface area contributed by atoms with E-state index >= 15 is 0 Å². The third-order valence-electron chi connectivity index (χ3n) is 7.56. The van der Waals surface area contributed by atoms with Crippen LogP contribution in [0, 0.1) is 0 Å². The first-order valence-corrected chi connectivity index (χ1v) is 13.2. The van der Waals surface area contributed by atoms with Gasteiger partial charge >= 0.3 is 0 Å². The first-order valence-electron chi connectivity index (χ1n) is 12.4. The molecule has 4 aromatic heterocycles. The van der Waals surface area contributed by atoms with Gasteiger partial charge in [-0.3, -0.25) is 0 Å². The molecule has 4 heterocycles. The molecule has 0 bridgehead atoms. The van der Waals surface area contributed by atoms with Crippen molar-refractivity contribution in [3.63, 3.8) is 0 Å². The molecule has 0 saturated heterocycles. The third kappa shape index (κ3) is 2.80. The van der Waals surface area contributed by atoms with Crippen molar-refractivity contribution in [3.05, 3.63) is 97.1 Å². The van der Waals surface area contributed by atoms with Gasteiger partial charge in [0, 0.05) is 45.4 Å². The van der Waals surface area contributed by atoms with Crippen molar-refractivity contribution in [1.29, 1.82) is 0 Å². The second-order valence-electron chi connectivity index (χ2n) is 9.56. The Labute approximate surface area is 217 Å². The molecule has 0 N–H and O–H groups in total. The highest BCUT2D eigenvalue weighted by molar-refractivity contribution is 8.00. The Bertz CT molecular complexity index is 2050. The SMILES string of the molecule is Cn1c2ccccc2c2nc3ccccc3c(Sc3c4ccccc4nc4c5ccccc5n(C)c34)c21. The maximum absolute atomic E-state index is 5.15. The van der Waals surface area contributed by atoms with Gasteiger partial charge in [-0.05, 0) is 24.3 Å². The number of para-hydroxylation sites is 4. The Morgan fingerprint density at radius 2 is 0.865 bits per heavy atom. The van der Waals surface area contributed by atoms with Gasteiger partial charge < -0.3 is 9.13 Å². The minimum absolute atomic E-state index is 1.01. The van der Waals surface area contributed by atoms with E-state index in [9.17, 15) is 0 Å². The van der Waals surface area contributed by atoms with Gasteiger partial charge in [0.1, 0.15) is 0 Å². The molecular weight excluding hydrogens is 472 g/mol. The first-order chi connectivity index (χ1) is 18.2. The maximum atomic E-state index is 5.15. The fourth-order valence-corrected chi connectivity index (χ4v) is 7.25. The van der Waals surface area contributed by atoms with Crippen LogP contribution in [0.15, 0.2) is 107 Å². The number of fused-ring (bicyclic) bond motifs is 8. The fraction of sp³-hybridized carbons (Fsp3) is 0.0625. The van der Waals surface area contributed by atoms with Gasteiger partial charge in [0.15, 0.2) is 0 Å². The highest BCUT2D eigenvalue weighted by Gasteiger charge is 2.22. The molecule has 0 aliphatic carbocycles. The van der Waals surface area contributed by atoms with Crippen LogP contribution in [-0.4, -0.2) is 19.1 Å². The summed E-state index contributed by atoms with van der Waals surface area (Å²) in [5.41, 5.74) is 8.83. The molecule has 0 spiro atoms. The highest BCUT2D eigenvalue weighted by atomic mass is 32.2. The standard InChI is InChI=1S/C32H22N4S/c1-35-25-17-9-5-13-21(25)27-29(35)31(19-11-3-7-15-23(19)33-27)37-32-20-12-4-8-16-24(20)34-28-22-14-6-10-18-26(22)36(2)30(28)32/h3-18H,1-2H3. The van der Waals surface area contributed by atoms with Crippen LogP contribution in [0.2, 0.25) is 0 Å². The Hall–Kier alpha value is -4.35. The van der Waals surface area contributed by atoms with Crippen LogP contribution in [0.1, 0.15) is 0 Å². The average Bonchev–Trinajstić information content (AvgIpc) is 3.39. The molecule has 0 aliphatic heterocycles. The Balaban J connectivity index is 1.56. The zero-order chi connectivity index (χ0) is 24.7. The summed E-state index contributed by atoms with van der Waals surface area (Å²) in [4.78, 5) is 12.8. The van der Waals surface area contributed by atoms with E-state index in [0.29, 0.717) is 0 Å². The van der Waals surface area contributed by atoms with Crippen LogP contribution >= 0.6 is 11.8 Å². The second-order valence-corrected chi connectivity index (χ2v) is 10.6. The maximum Gasteiger partial charge on any atom is 0.0979 e. The van der Waals surface area contributed by atoms with Gasteiger partial charge in [0.25, 0.3) is 0 Å². The predicted molar refractivity (Wildman–Crippen MR) is 156 cm³/mol. The molecule has 0 radical (unpaired) electrons. The van der Waals surface area contributed by atoms with E-state index in [1.54, 1.807) is 0 Å². The van der Waals surface area contributed by atoms with Crippen molar-refractivity contribution in [1.82, 2.24) is 19.1 Å². The Kier molecular flexibility index (Phi) is 4.26. The van der Waals surface area contributed by atoms with Crippen molar-refractivity contribution >= 4 is 77.4 Å². The molecule has 4 aromatic carbocycles. The molecule has 4 nitrogen and oxygen atoms in total. The number of rotatable bonds is 2. The molecule has 0 amide bonds. The number of benzene rings is 4. The number of nitrogens with zero attached hydrogens (tertiary/aromatic N) is 4. The van der Waals surface area contributed by atoms with Crippen molar-refractivity contribution in [2.75, 3.05) is 0 Å². The van der Waals surface area contributed by atoms with Crippen LogP contribution in [0.4, 0.5) is 0 Å². The number of hydrogen-bond donors (Lipinski definition) is 0. The number of aryl methyl sites for hydroxylation is 2. The lowest BCUT2D eigenvalue weighted by atomic mass is 10.1. The normalized spacial score (nSPS) is 12.2. The van der Waals surface area contributed by atoms with Crippen LogP contribution in [0.3, 0.4) is 0 Å². The van der Waals surface area contributed by atoms with E-state index in [0.717, 1.165) is 33.1 Å². The predicted octanol–water partition coefficient (Wildman–Crippen LogP) is 8.22. The molecule has 0 atom stereocenters. The zero-order valence-electron chi connectivity index (χ0n) is 20.4. The van der Waals surface area contributed by atoms with Gasteiger partial charge in [-0.15, -0.1) is 0 Å². The largest absolute Gasteiger partial charge is 0.341 e. The Morgan fingerprint density at radius 1 is 0.486 bits per heavy atom. The van der Waals surface area contributed by atoms with E-state index in [4.69, 9.17) is 9.97 Å². The van der Waals surface area contributed by atoms with Gasteiger partial charge in [-0.2, -0.15) is 0 Å². The number of pyridine rings is 2. The van der Waals surface area contributed by atoms with Gasteiger partial charge in [0.2, 0.25) is 0 Å². The van der Waals surface area contributed by atoms with Crippen LogP contribution in [0.25, 0.3) is 65.7 Å². The summed E-state index contributed by atoms with van der Waals surface area (Å²) in [5.74, 6) is 0. The number of hydrogen-bond acceptors (Lipinski definition) is 3. The minimum atomic E-state index is 1.01. The molecule has 8 rings (SSSR count). The summed E-state index contributed by atoms with van der Waals surface area (Å²) in [6, 6.07) is 34.1. The first kappa shape index (κ1) is 20.8. The zero-order valence-corrected chi connectivity index (χ0v) is 21.3. The Morgan fingerprint density at radius 3 is 1.32 bits per heavy atom. The molecule has 0 unspecified atom stereocenters.